The Labute approximate surface area is 156 Å². The van der Waals surface area contributed by atoms with E-state index in [1.165, 1.54) is 0 Å². The summed E-state index contributed by atoms with van der Waals surface area (Å²) in [5, 5.41) is 4.57. The fraction of sp³-hybridized carbons (Fsp3) is 0.136. The molecule has 5 nitrogen and oxygen atoms in total. The average molecular weight is 357 g/mol. The third kappa shape index (κ3) is 3.31. The number of H-pyrrole nitrogens is 1. The Balaban J connectivity index is 1.44. The number of benzene rings is 2. The summed E-state index contributed by atoms with van der Waals surface area (Å²) >= 11 is 0. The van der Waals surface area contributed by atoms with Crippen molar-refractivity contribution >= 4 is 33.5 Å². The molecule has 5 heteroatoms. The van der Waals surface area contributed by atoms with E-state index in [1.54, 1.807) is 6.92 Å². The van der Waals surface area contributed by atoms with Crippen LogP contribution in [0, 0.1) is 6.92 Å². The third-order valence-corrected chi connectivity index (χ3v) is 4.65. The summed E-state index contributed by atoms with van der Waals surface area (Å²) in [6.07, 6.45) is 0.566. The first kappa shape index (κ1) is 17.0. The molecule has 0 saturated heterocycles. The standard InChI is InChI=1S/C22H19N3O2/c1-14-20(17-7-3-5-9-19(17)24-14)21(26)22(27)23-13-12-16-11-10-15-6-2-4-8-18(15)25-16/h2-11,24H,12-13H2,1H3,(H,23,27). The van der Waals surface area contributed by atoms with Crippen molar-refractivity contribution < 1.29 is 9.59 Å². The first-order valence-corrected chi connectivity index (χ1v) is 8.88. The van der Waals surface area contributed by atoms with Crippen molar-refractivity contribution in [3.05, 3.63) is 77.6 Å². The highest BCUT2D eigenvalue weighted by molar-refractivity contribution is 6.45. The van der Waals surface area contributed by atoms with Crippen LogP contribution in [0.4, 0.5) is 0 Å². The van der Waals surface area contributed by atoms with E-state index in [0.717, 1.165) is 27.5 Å². The summed E-state index contributed by atoms with van der Waals surface area (Å²) in [6.45, 7) is 2.16. The lowest BCUT2D eigenvalue weighted by Gasteiger charge is -2.06. The molecule has 134 valence electrons. The minimum absolute atomic E-state index is 0.358. The Morgan fingerprint density at radius 3 is 2.67 bits per heavy atom. The van der Waals surface area contributed by atoms with Crippen molar-refractivity contribution in [2.75, 3.05) is 6.54 Å². The highest BCUT2D eigenvalue weighted by Crippen LogP contribution is 2.22. The van der Waals surface area contributed by atoms with Crippen LogP contribution in [0.25, 0.3) is 21.8 Å². The maximum absolute atomic E-state index is 12.6. The predicted molar refractivity (Wildman–Crippen MR) is 106 cm³/mol. The summed E-state index contributed by atoms with van der Waals surface area (Å²) in [6, 6.07) is 19.3. The van der Waals surface area contributed by atoms with Gasteiger partial charge in [0.15, 0.2) is 0 Å². The Hall–Kier alpha value is -3.47. The van der Waals surface area contributed by atoms with Gasteiger partial charge in [0, 0.05) is 40.6 Å². The molecule has 0 aliphatic rings. The number of hydrogen-bond acceptors (Lipinski definition) is 3. The Bertz CT molecular complexity index is 1160. The molecule has 0 aliphatic carbocycles. The number of pyridine rings is 1. The first-order valence-electron chi connectivity index (χ1n) is 8.88. The summed E-state index contributed by atoms with van der Waals surface area (Å²) in [5.74, 6) is -1.11. The lowest BCUT2D eigenvalue weighted by Crippen LogP contribution is -2.33. The van der Waals surface area contributed by atoms with Crippen LogP contribution in [-0.2, 0) is 11.2 Å². The van der Waals surface area contributed by atoms with Gasteiger partial charge in [-0.25, -0.2) is 0 Å². The van der Waals surface area contributed by atoms with E-state index in [4.69, 9.17) is 0 Å². The summed E-state index contributed by atoms with van der Waals surface area (Å²) in [4.78, 5) is 32.7. The molecule has 0 spiro atoms. The van der Waals surface area contributed by atoms with Crippen LogP contribution in [0.3, 0.4) is 0 Å². The zero-order chi connectivity index (χ0) is 18.8. The number of ketones is 1. The number of carbonyl (C=O) groups is 2. The molecule has 2 heterocycles. The molecule has 2 aromatic carbocycles. The van der Waals surface area contributed by atoms with Crippen LogP contribution >= 0.6 is 0 Å². The van der Waals surface area contributed by atoms with E-state index in [-0.39, 0.29) is 0 Å². The molecule has 0 saturated carbocycles. The van der Waals surface area contributed by atoms with Crippen molar-refractivity contribution in [1.29, 1.82) is 0 Å². The van der Waals surface area contributed by atoms with Gasteiger partial charge in [-0.05, 0) is 25.1 Å². The van der Waals surface area contributed by atoms with E-state index >= 15 is 0 Å². The largest absolute Gasteiger partial charge is 0.358 e. The molecular formula is C22H19N3O2. The quantitative estimate of drug-likeness (QED) is 0.424. The molecule has 4 rings (SSSR count). The van der Waals surface area contributed by atoms with Gasteiger partial charge in [-0.2, -0.15) is 0 Å². The smallest absolute Gasteiger partial charge is 0.292 e. The van der Waals surface area contributed by atoms with Crippen molar-refractivity contribution in [3.8, 4) is 0 Å². The third-order valence-electron chi connectivity index (χ3n) is 4.65. The first-order chi connectivity index (χ1) is 13.1. The number of hydrogen-bond donors (Lipinski definition) is 2. The zero-order valence-corrected chi connectivity index (χ0v) is 15.0. The molecule has 4 aromatic rings. The molecule has 0 atom stereocenters. The van der Waals surface area contributed by atoms with Crippen LogP contribution in [-0.4, -0.2) is 28.2 Å². The highest BCUT2D eigenvalue weighted by Gasteiger charge is 2.22. The van der Waals surface area contributed by atoms with Gasteiger partial charge in [0.2, 0.25) is 0 Å². The Morgan fingerprint density at radius 2 is 1.78 bits per heavy atom. The number of para-hydroxylation sites is 2. The van der Waals surface area contributed by atoms with Crippen LogP contribution in [0.15, 0.2) is 60.7 Å². The molecule has 0 radical (unpaired) electrons. The predicted octanol–water partition coefficient (Wildman–Crippen LogP) is 3.57. The summed E-state index contributed by atoms with van der Waals surface area (Å²) in [5.41, 5.74) is 3.79. The molecule has 27 heavy (non-hydrogen) atoms. The van der Waals surface area contributed by atoms with Gasteiger partial charge < -0.3 is 10.3 Å². The van der Waals surface area contributed by atoms with Crippen LogP contribution in [0.5, 0.6) is 0 Å². The van der Waals surface area contributed by atoms with Gasteiger partial charge in [0.1, 0.15) is 0 Å². The monoisotopic (exact) mass is 357 g/mol. The molecule has 1 amide bonds. The van der Waals surface area contributed by atoms with E-state index in [0.29, 0.717) is 24.2 Å². The number of aryl methyl sites for hydroxylation is 1. The molecule has 2 N–H and O–H groups in total. The van der Waals surface area contributed by atoms with E-state index in [2.05, 4.69) is 15.3 Å². The second-order valence-electron chi connectivity index (χ2n) is 6.50. The highest BCUT2D eigenvalue weighted by atomic mass is 16.2. The van der Waals surface area contributed by atoms with E-state index in [1.807, 2.05) is 60.7 Å². The number of Topliss-reactive ketones (excluding diaryl/α,β-unsaturated/α-hetero) is 1. The lowest BCUT2D eigenvalue weighted by molar-refractivity contribution is -0.116. The van der Waals surface area contributed by atoms with Gasteiger partial charge in [0.05, 0.1) is 11.1 Å². The van der Waals surface area contributed by atoms with E-state index in [9.17, 15) is 9.59 Å². The fourth-order valence-electron chi connectivity index (χ4n) is 3.31. The van der Waals surface area contributed by atoms with Gasteiger partial charge in [-0.1, -0.05) is 42.5 Å². The van der Waals surface area contributed by atoms with Crippen molar-refractivity contribution in [2.45, 2.75) is 13.3 Å². The number of rotatable bonds is 5. The fourth-order valence-corrected chi connectivity index (χ4v) is 3.31. The number of aromatic amines is 1. The number of amides is 1. The molecule has 0 aliphatic heterocycles. The number of aromatic nitrogens is 2. The minimum Gasteiger partial charge on any atom is -0.358 e. The van der Waals surface area contributed by atoms with Gasteiger partial charge in [0.25, 0.3) is 11.7 Å². The van der Waals surface area contributed by atoms with Crippen LogP contribution < -0.4 is 5.32 Å². The topological polar surface area (TPSA) is 74.8 Å². The molecule has 2 aromatic heterocycles. The lowest BCUT2D eigenvalue weighted by atomic mass is 10.1. The van der Waals surface area contributed by atoms with Crippen LogP contribution in [0.2, 0.25) is 0 Å². The molecule has 0 unspecified atom stereocenters. The van der Waals surface area contributed by atoms with E-state index < -0.39 is 11.7 Å². The Morgan fingerprint density at radius 1 is 1.00 bits per heavy atom. The SMILES string of the molecule is Cc1[nH]c2ccccc2c1C(=O)C(=O)NCCc1ccc2ccccc2n1. The Kier molecular flexibility index (Phi) is 4.42. The second-order valence-corrected chi connectivity index (χ2v) is 6.50. The summed E-state index contributed by atoms with van der Waals surface area (Å²) in [7, 11) is 0. The van der Waals surface area contributed by atoms with Gasteiger partial charge in [-0.3, -0.25) is 14.6 Å². The number of nitrogens with one attached hydrogen (secondary N) is 2. The number of carbonyl (C=O) groups excluding carboxylic acids is 2. The van der Waals surface area contributed by atoms with Crippen molar-refractivity contribution in [1.82, 2.24) is 15.3 Å². The zero-order valence-electron chi connectivity index (χ0n) is 15.0. The van der Waals surface area contributed by atoms with Gasteiger partial charge in [-0.15, -0.1) is 0 Å². The number of nitrogens with zero attached hydrogens (tertiary/aromatic N) is 1. The molecule has 0 fully saturated rings. The van der Waals surface area contributed by atoms with Crippen LogP contribution in [0.1, 0.15) is 21.7 Å². The normalized spacial score (nSPS) is 11.0. The molecule has 0 bridgehead atoms. The summed E-state index contributed by atoms with van der Waals surface area (Å²) < 4.78 is 0. The average Bonchev–Trinajstić information content (AvgIpc) is 3.03. The molecular weight excluding hydrogens is 338 g/mol. The minimum atomic E-state index is -0.594. The van der Waals surface area contributed by atoms with Crippen molar-refractivity contribution in [2.24, 2.45) is 0 Å². The van der Waals surface area contributed by atoms with Gasteiger partial charge >= 0.3 is 0 Å². The second kappa shape index (κ2) is 7.03. The maximum atomic E-state index is 12.6. The number of fused-ring (bicyclic) bond motifs is 2. The maximum Gasteiger partial charge on any atom is 0.292 e. The van der Waals surface area contributed by atoms with Crippen molar-refractivity contribution in [3.63, 3.8) is 0 Å².